The first-order valence-electron chi connectivity index (χ1n) is 12.3. The molecular formula is C26H34O8. The minimum atomic E-state index is -0.950. The van der Waals surface area contributed by atoms with Crippen LogP contribution in [0.1, 0.15) is 72.0 Å². The second-order valence-electron chi connectivity index (χ2n) is 12.4. The summed E-state index contributed by atoms with van der Waals surface area (Å²) in [6.07, 6.45) is 1.68. The van der Waals surface area contributed by atoms with Crippen LogP contribution >= 0.6 is 0 Å². The van der Waals surface area contributed by atoms with Crippen molar-refractivity contribution in [2.24, 2.45) is 28.1 Å². The first-order chi connectivity index (χ1) is 15.8. The lowest BCUT2D eigenvalue weighted by molar-refractivity contribution is -0.272. The monoisotopic (exact) mass is 474 g/mol. The van der Waals surface area contributed by atoms with Crippen molar-refractivity contribution in [3.63, 3.8) is 0 Å². The van der Waals surface area contributed by atoms with Gasteiger partial charge < -0.3 is 28.8 Å². The summed E-state index contributed by atoms with van der Waals surface area (Å²) < 4.78 is 23.4. The Kier molecular flexibility index (Phi) is 4.28. The topological polar surface area (TPSA) is 119 Å². The van der Waals surface area contributed by atoms with E-state index in [-0.39, 0.29) is 18.3 Å². The van der Waals surface area contributed by atoms with E-state index in [2.05, 4.69) is 6.92 Å². The number of furan rings is 1. The molecule has 4 heterocycles. The average Bonchev–Trinajstić information content (AvgIpc) is 3.33. The summed E-state index contributed by atoms with van der Waals surface area (Å²) in [5.74, 6) is -1.31. The number of hydrogen-bond donors (Lipinski definition) is 2. The SMILES string of the molecule is CC1(C)OC(=O)C[C@@H](O)[C@@]2(C)[C@H]3CC[C@]4(C)[C@H](c5ccoc5)OC(=O)[C@H]5O[C@@]54[C@@]3(C)[C@@H](O)C[C@@H]12. The van der Waals surface area contributed by atoms with Crippen LogP contribution in [0.4, 0.5) is 0 Å². The van der Waals surface area contributed by atoms with Gasteiger partial charge in [-0.1, -0.05) is 20.8 Å². The Hall–Kier alpha value is -1.90. The standard InChI is InChI=1S/C26H34O8/c1-22(2)15-10-17(28)25(5)14(24(15,4)16(27)11-18(29)33-22)6-8-23(3)19(13-7-9-31-12-13)32-21(30)20-26(23,25)34-20/h7,9,12,14-17,19-20,27-28H,6,8,10-11H2,1-5H3/t14-,15+,16-,17+,19+,20-,23-,24+,25-,26+/m1/s1. The lowest BCUT2D eigenvalue weighted by Gasteiger charge is -2.68. The number of aliphatic hydroxyl groups is 2. The Bertz CT molecular complexity index is 1050. The molecule has 0 radical (unpaired) electrons. The van der Waals surface area contributed by atoms with Crippen molar-refractivity contribution in [3.05, 3.63) is 24.2 Å². The van der Waals surface area contributed by atoms with Crippen molar-refractivity contribution in [1.29, 1.82) is 0 Å². The summed E-state index contributed by atoms with van der Waals surface area (Å²) in [4.78, 5) is 25.7. The van der Waals surface area contributed by atoms with Crippen molar-refractivity contribution in [1.82, 2.24) is 0 Å². The van der Waals surface area contributed by atoms with E-state index in [9.17, 15) is 19.8 Å². The molecule has 10 atom stereocenters. The highest BCUT2D eigenvalue weighted by molar-refractivity contribution is 5.82. The molecule has 0 aromatic carbocycles. The number of carbonyl (C=O) groups is 2. The minimum absolute atomic E-state index is 0.0899. The average molecular weight is 475 g/mol. The molecule has 8 nitrogen and oxygen atoms in total. The van der Waals surface area contributed by atoms with Crippen LogP contribution in [0.15, 0.2) is 23.0 Å². The zero-order chi connectivity index (χ0) is 24.5. The summed E-state index contributed by atoms with van der Waals surface area (Å²) in [6, 6.07) is 1.81. The highest BCUT2D eigenvalue weighted by Gasteiger charge is 2.88. The van der Waals surface area contributed by atoms with E-state index in [1.54, 1.807) is 12.5 Å². The van der Waals surface area contributed by atoms with Gasteiger partial charge in [-0.05, 0) is 45.1 Å². The molecule has 0 bridgehead atoms. The maximum absolute atomic E-state index is 13.1. The zero-order valence-corrected chi connectivity index (χ0v) is 20.4. The molecule has 6 rings (SSSR count). The molecule has 2 N–H and O–H groups in total. The molecule has 0 unspecified atom stereocenters. The molecule has 2 aliphatic carbocycles. The van der Waals surface area contributed by atoms with Crippen LogP contribution in [-0.2, 0) is 23.8 Å². The van der Waals surface area contributed by atoms with Gasteiger partial charge in [0, 0.05) is 27.7 Å². The van der Waals surface area contributed by atoms with E-state index < -0.39 is 63.8 Å². The third kappa shape index (κ3) is 2.31. The Morgan fingerprint density at radius 1 is 1.00 bits per heavy atom. The van der Waals surface area contributed by atoms with Crippen LogP contribution in [0, 0.1) is 28.1 Å². The fraction of sp³-hybridized carbons (Fsp3) is 0.769. The van der Waals surface area contributed by atoms with Gasteiger partial charge in [0.2, 0.25) is 0 Å². The molecule has 3 aliphatic heterocycles. The van der Waals surface area contributed by atoms with Crippen LogP contribution in [0.3, 0.4) is 0 Å². The van der Waals surface area contributed by atoms with Gasteiger partial charge in [-0.3, -0.25) is 4.79 Å². The van der Waals surface area contributed by atoms with E-state index in [0.717, 1.165) is 5.56 Å². The number of aliphatic hydroxyl groups excluding tert-OH is 2. The zero-order valence-electron chi connectivity index (χ0n) is 20.4. The molecule has 1 spiro atoms. The summed E-state index contributed by atoms with van der Waals surface area (Å²) >= 11 is 0. The maximum atomic E-state index is 13.1. The van der Waals surface area contributed by atoms with Crippen LogP contribution in [0.5, 0.6) is 0 Å². The third-order valence-corrected chi connectivity index (χ3v) is 10.8. The number of esters is 2. The van der Waals surface area contributed by atoms with Gasteiger partial charge in [-0.15, -0.1) is 0 Å². The fourth-order valence-corrected chi connectivity index (χ4v) is 9.19. The predicted molar refractivity (Wildman–Crippen MR) is 117 cm³/mol. The first kappa shape index (κ1) is 22.6. The molecule has 8 heteroatoms. The van der Waals surface area contributed by atoms with E-state index in [4.69, 9.17) is 18.6 Å². The Morgan fingerprint density at radius 2 is 1.74 bits per heavy atom. The van der Waals surface area contributed by atoms with Gasteiger partial charge in [0.15, 0.2) is 6.10 Å². The van der Waals surface area contributed by atoms with Gasteiger partial charge in [0.05, 0.1) is 31.2 Å². The van der Waals surface area contributed by atoms with Crippen LogP contribution < -0.4 is 0 Å². The molecular weight excluding hydrogens is 440 g/mol. The largest absolute Gasteiger partial charge is 0.472 e. The molecule has 1 aromatic heterocycles. The molecule has 5 fully saturated rings. The summed E-state index contributed by atoms with van der Waals surface area (Å²) in [5.41, 5.74) is -3.18. The summed E-state index contributed by atoms with van der Waals surface area (Å²) in [7, 11) is 0. The number of rotatable bonds is 1. The number of hydrogen-bond acceptors (Lipinski definition) is 8. The first-order valence-corrected chi connectivity index (χ1v) is 12.3. The minimum Gasteiger partial charge on any atom is -0.472 e. The van der Waals surface area contributed by atoms with Crippen molar-refractivity contribution in [2.75, 3.05) is 0 Å². The Balaban J connectivity index is 1.52. The van der Waals surface area contributed by atoms with E-state index in [1.807, 2.05) is 33.8 Å². The van der Waals surface area contributed by atoms with Crippen molar-refractivity contribution < 1.29 is 38.4 Å². The summed E-state index contributed by atoms with van der Waals surface area (Å²) in [6.45, 7) is 9.87. The van der Waals surface area contributed by atoms with Crippen molar-refractivity contribution in [3.8, 4) is 0 Å². The highest BCUT2D eigenvalue weighted by Crippen LogP contribution is 2.79. The Labute approximate surface area is 198 Å². The predicted octanol–water partition coefficient (Wildman–Crippen LogP) is 2.91. The molecule has 0 amide bonds. The number of epoxide rings is 1. The second kappa shape index (κ2) is 6.45. The lowest BCUT2D eigenvalue weighted by atomic mass is 9.36. The van der Waals surface area contributed by atoms with Gasteiger partial charge >= 0.3 is 11.9 Å². The molecule has 186 valence electrons. The highest BCUT2D eigenvalue weighted by atomic mass is 16.7. The Morgan fingerprint density at radius 3 is 2.41 bits per heavy atom. The van der Waals surface area contributed by atoms with Gasteiger partial charge in [-0.2, -0.15) is 0 Å². The van der Waals surface area contributed by atoms with E-state index >= 15 is 0 Å². The van der Waals surface area contributed by atoms with Crippen molar-refractivity contribution in [2.45, 2.75) is 95.9 Å². The van der Waals surface area contributed by atoms with Crippen molar-refractivity contribution >= 4 is 11.9 Å². The normalized spacial score (nSPS) is 53.3. The third-order valence-electron chi connectivity index (χ3n) is 10.8. The smallest absolute Gasteiger partial charge is 0.339 e. The van der Waals surface area contributed by atoms with Gasteiger partial charge in [-0.25, -0.2) is 4.79 Å². The fourth-order valence-electron chi connectivity index (χ4n) is 9.19. The molecule has 1 aromatic rings. The maximum Gasteiger partial charge on any atom is 0.339 e. The molecule has 3 saturated heterocycles. The van der Waals surface area contributed by atoms with Crippen LogP contribution in [-0.4, -0.2) is 51.7 Å². The van der Waals surface area contributed by atoms with E-state index in [1.165, 1.54) is 0 Å². The number of ether oxygens (including phenoxy) is 3. The summed E-state index contributed by atoms with van der Waals surface area (Å²) in [5, 5.41) is 23.3. The number of fused-ring (bicyclic) bond motifs is 3. The van der Waals surface area contributed by atoms with Crippen LogP contribution in [0.2, 0.25) is 0 Å². The quantitative estimate of drug-likeness (QED) is 0.471. The second-order valence-corrected chi connectivity index (χ2v) is 12.4. The molecule has 2 saturated carbocycles. The van der Waals surface area contributed by atoms with E-state index in [0.29, 0.717) is 19.3 Å². The molecule has 5 aliphatic rings. The van der Waals surface area contributed by atoms with Crippen LogP contribution in [0.25, 0.3) is 0 Å². The van der Waals surface area contributed by atoms with Gasteiger partial charge in [0.1, 0.15) is 17.3 Å². The number of cyclic esters (lactones) is 2. The van der Waals surface area contributed by atoms with Gasteiger partial charge in [0.25, 0.3) is 0 Å². The number of carbonyl (C=O) groups excluding carboxylic acids is 2. The molecule has 34 heavy (non-hydrogen) atoms. The lowest BCUT2D eigenvalue weighted by Crippen LogP contribution is -2.73.